The molecule has 6 heteroatoms. The molecule has 2 aliphatic carbocycles. The number of hydrogen-bond acceptors (Lipinski definition) is 2. The molecule has 5 nitrogen and oxygen atoms in total. The largest absolute Gasteiger partial charge is 0.481 e. The molecule has 0 spiro atoms. The normalized spacial score (nSPS) is 19.6. The van der Waals surface area contributed by atoms with E-state index in [-0.39, 0.29) is 18.4 Å². The zero-order valence-corrected chi connectivity index (χ0v) is 12.6. The number of hydrogen-bond donors (Lipinski definition) is 2. The summed E-state index contributed by atoms with van der Waals surface area (Å²) in [6.45, 7) is 0. The summed E-state index contributed by atoms with van der Waals surface area (Å²) in [5.74, 6) is -0.704. The first-order chi connectivity index (χ1) is 9.54. The minimum Gasteiger partial charge on any atom is -0.481 e. The summed E-state index contributed by atoms with van der Waals surface area (Å²) >= 11 is 3.40. The summed E-state index contributed by atoms with van der Waals surface area (Å²) in [6, 6.07) is 1.97. The third-order valence-corrected chi connectivity index (χ3v) is 4.32. The van der Waals surface area contributed by atoms with Crippen LogP contribution in [0.4, 0.5) is 0 Å². The first kappa shape index (κ1) is 13.7. The Kier molecular flexibility index (Phi) is 3.58. The molecule has 2 aliphatic rings. The van der Waals surface area contributed by atoms with E-state index in [4.69, 9.17) is 5.11 Å². The fourth-order valence-corrected chi connectivity index (χ4v) is 2.98. The van der Waals surface area contributed by atoms with Crippen LogP contribution in [-0.2, 0) is 4.79 Å². The molecule has 1 atom stereocenters. The van der Waals surface area contributed by atoms with Gasteiger partial charge in [-0.2, -0.15) is 0 Å². The Morgan fingerprint density at radius 1 is 1.40 bits per heavy atom. The van der Waals surface area contributed by atoms with Gasteiger partial charge in [-0.1, -0.05) is 0 Å². The predicted octanol–water partition coefficient (Wildman–Crippen LogP) is 2.57. The molecule has 3 rings (SSSR count). The molecule has 1 amide bonds. The molecule has 0 aliphatic heterocycles. The van der Waals surface area contributed by atoms with Gasteiger partial charge in [0.15, 0.2) is 0 Å². The van der Waals surface area contributed by atoms with E-state index in [2.05, 4.69) is 21.2 Å². The van der Waals surface area contributed by atoms with Crippen LogP contribution < -0.4 is 5.32 Å². The highest BCUT2D eigenvalue weighted by Gasteiger charge is 2.35. The number of carboxylic acids is 1. The average Bonchev–Trinajstić information content (AvgIpc) is 3.24. The third kappa shape index (κ3) is 3.06. The lowest BCUT2D eigenvalue weighted by atomic mass is 10.1. The maximum Gasteiger partial charge on any atom is 0.305 e. The van der Waals surface area contributed by atoms with Crippen molar-refractivity contribution in [3.8, 4) is 0 Å². The molecule has 2 fully saturated rings. The molecule has 1 aromatic heterocycles. The monoisotopic (exact) mass is 340 g/mol. The zero-order chi connectivity index (χ0) is 14.3. The molecule has 1 unspecified atom stereocenters. The number of nitrogens with one attached hydrogen (secondary N) is 1. The van der Waals surface area contributed by atoms with E-state index in [1.54, 1.807) is 6.07 Å². The van der Waals surface area contributed by atoms with Crippen molar-refractivity contribution in [3.63, 3.8) is 0 Å². The van der Waals surface area contributed by atoms with Crippen molar-refractivity contribution in [1.82, 2.24) is 9.88 Å². The van der Waals surface area contributed by atoms with Crippen LogP contribution >= 0.6 is 15.9 Å². The van der Waals surface area contributed by atoms with Crippen molar-refractivity contribution < 1.29 is 14.7 Å². The van der Waals surface area contributed by atoms with Crippen molar-refractivity contribution in [2.24, 2.45) is 5.92 Å². The number of carbonyl (C=O) groups excluding carboxylic acids is 1. The molecule has 2 saturated carbocycles. The van der Waals surface area contributed by atoms with Gasteiger partial charge in [0.2, 0.25) is 0 Å². The highest BCUT2D eigenvalue weighted by Crippen LogP contribution is 2.38. The number of aliphatic carboxylic acids is 1. The van der Waals surface area contributed by atoms with E-state index in [9.17, 15) is 9.59 Å². The van der Waals surface area contributed by atoms with Gasteiger partial charge in [0.05, 0.1) is 6.42 Å². The fourth-order valence-electron chi connectivity index (χ4n) is 2.55. The summed E-state index contributed by atoms with van der Waals surface area (Å²) in [5.41, 5.74) is 0.621. The lowest BCUT2D eigenvalue weighted by Crippen LogP contribution is -2.38. The molecular weight excluding hydrogens is 324 g/mol. The van der Waals surface area contributed by atoms with Crippen LogP contribution in [0.3, 0.4) is 0 Å². The summed E-state index contributed by atoms with van der Waals surface area (Å²) in [6.07, 6.45) is 6.14. The number of carbonyl (C=O) groups is 2. The molecule has 1 aromatic rings. The van der Waals surface area contributed by atoms with Gasteiger partial charge in [0, 0.05) is 22.8 Å². The van der Waals surface area contributed by atoms with E-state index >= 15 is 0 Å². The number of halogens is 1. The molecule has 0 bridgehead atoms. The maximum atomic E-state index is 12.4. The minimum atomic E-state index is -0.860. The molecule has 0 radical (unpaired) electrons. The zero-order valence-electron chi connectivity index (χ0n) is 11.0. The van der Waals surface area contributed by atoms with Crippen molar-refractivity contribution in [2.45, 2.75) is 44.2 Å². The van der Waals surface area contributed by atoms with Gasteiger partial charge in [-0.15, -0.1) is 0 Å². The molecule has 108 valence electrons. The van der Waals surface area contributed by atoms with Crippen LogP contribution in [0.5, 0.6) is 0 Å². The average molecular weight is 341 g/mol. The summed E-state index contributed by atoms with van der Waals surface area (Å²) in [5, 5.41) is 11.8. The Morgan fingerprint density at radius 3 is 2.65 bits per heavy atom. The van der Waals surface area contributed by atoms with E-state index in [1.807, 2.05) is 10.8 Å². The smallest absolute Gasteiger partial charge is 0.305 e. The van der Waals surface area contributed by atoms with E-state index < -0.39 is 5.97 Å². The number of carboxylic acid groups (broad SMARTS) is 1. The standard InChI is InChI=1S/C14H17BrN2O3/c15-9-5-12(17(7-9)10-3-4-10)14(20)16-11(6-13(18)19)8-1-2-8/h5,7-8,10-11H,1-4,6H2,(H,16,20)(H,18,19). The van der Waals surface area contributed by atoms with E-state index in [0.717, 1.165) is 30.2 Å². The van der Waals surface area contributed by atoms with Crippen molar-refractivity contribution in [3.05, 3.63) is 22.4 Å². The predicted molar refractivity (Wildman–Crippen MR) is 76.6 cm³/mol. The molecule has 0 aromatic carbocycles. The van der Waals surface area contributed by atoms with Crippen LogP contribution in [0.1, 0.15) is 48.6 Å². The van der Waals surface area contributed by atoms with Gasteiger partial charge in [-0.25, -0.2) is 0 Å². The molecule has 2 N–H and O–H groups in total. The first-order valence-electron chi connectivity index (χ1n) is 6.94. The van der Waals surface area contributed by atoms with Gasteiger partial charge in [-0.3, -0.25) is 9.59 Å². The Bertz CT molecular complexity index is 547. The molecule has 0 saturated heterocycles. The quantitative estimate of drug-likeness (QED) is 0.835. The molecule has 20 heavy (non-hydrogen) atoms. The maximum absolute atomic E-state index is 12.4. The number of amides is 1. The van der Waals surface area contributed by atoms with Crippen LogP contribution in [0.15, 0.2) is 16.7 Å². The van der Waals surface area contributed by atoms with Crippen LogP contribution in [0.25, 0.3) is 0 Å². The van der Waals surface area contributed by atoms with Gasteiger partial charge >= 0.3 is 5.97 Å². The fraction of sp³-hybridized carbons (Fsp3) is 0.571. The van der Waals surface area contributed by atoms with E-state index in [0.29, 0.717) is 17.7 Å². The van der Waals surface area contributed by atoms with Gasteiger partial charge in [-0.05, 0) is 53.6 Å². The highest BCUT2D eigenvalue weighted by molar-refractivity contribution is 9.10. The van der Waals surface area contributed by atoms with E-state index in [1.165, 1.54) is 0 Å². The Balaban J connectivity index is 1.72. The van der Waals surface area contributed by atoms with Crippen LogP contribution in [-0.4, -0.2) is 27.6 Å². The topological polar surface area (TPSA) is 71.3 Å². The summed E-state index contributed by atoms with van der Waals surface area (Å²) < 4.78 is 2.88. The van der Waals surface area contributed by atoms with Crippen LogP contribution in [0.2, 0.25) is 0 Å². The Labute approximate surface area is 125 Å². The number of rotatable bonds is 6. The SMILES string of the molecule is O=C(O)CC(NC(=O)c1cc(Br)cn1C1CC1)C1CC1. The number of aromatic nitrogens is 1. The second-order valence-electron chi connectivity index (χ2n) is 5.70. The molecule has 1 heterocycles. The van der Waals surface area contributed by atoms with Crippen molar-refractivity contribution >= 4 is 27.8 Å². The van der Waals surface area contributed by atoms with Gasteiger partial charge < -0.3 is 15.0 Å². The number of nitrogens with zero attached hydrogens (tertiary/aromatic N) is 1. The lowest BCUT2D eigenvalue weighted by molar-refractivity contribution is -0.137. The third-order valence-electron chi connectivity index (χ3n) is 3.89. The van der Waals surface area contributed by atoms with Gasteiger partial charge in [0.25, 0.3) is 5.91 Å². The lowest BCUT2D eigenvalue weighted by Gasteiger charge is -2.17. The van der Waals surface area contributed by atoms with Crippen molar-refractivity contribution in [1.29, 1.82) is 0 Å². The summed E-state index contributed by atoms with van der Waals surface area (Å²) in [7, 11) is 0. The minimum absolute atomic E-state index is 0.00170. The van der Waals surface area contributed by atoms with Crippen molar-refractivity contribution in [2.75, 3.05) is 0 Å². The molecular formula is C14H17BrN2O3. The van der Waals surface area contributed by atoms with Gasteiger partial charge in [0.1, 0.15) is 5.69 Å². The summed E-state index contributed by atoms with van der Waals surface area (Å²) in [4.78, 5) is 23.3. The second kappa shape index (κ2) is 5.24. The van der Waals surface area contributed by atoms with Crippen LogP contribution in [0, 0.1) is 5.92 Å². The highest BCUT2D eigenvalue weighted by atomic mass is 79.9. The first-order valence-corrected chi connectivity index (χ1v) is 7.74. The Morgan fingerprint density at radius 2 is 2.10 bits per heavy atom. The Hall–Kier alpha value is -1.30. The second-order valence-corrected chi connectivity index (χ2v) is 6.61.